The van der Waals surface area contributed by atoms with Gasteiger partial charge in [-0.1, -0.05) is 47.7 Å². The van der Waals surface area contributed by atoms with Gasteiger partial charge in [0.2, 0.25) is 0 Å². The highest BCUT2D eigenvalue weighted by atomic mass is 32.1. The second-order valence-electron chi connectivity index (χ2n) is 7.77. The number of thiazole rings is 1. The maximum absolute atomic E-state index is 13.7. The molecular formula is C26H19N3O3S. The first kappa shape index (κ1) is 19.7. The summed E-state index contributed by atoms with van der Waals surface area (Å²) in [5.41, 5.74) is 2.32. The quantitative estimate of drug-likeness (QED) is 0.361. The van der Waals surface area contributed by atoms with Gasteiger partial charge in [-0.3, -0.25) is 14.7 Å². The first-order chi connectivity index (χ1) is 16.2. The summed E-state index contributed by atoms with van der Waals surface area (Å²) in [6, 6.07) is 21.4. The number of carbonyl (C=O) groups excluding carboxylic acids is 1. The van der Waals surface area contributed by atoms with Gasteiger partial charge in [-0.05, 0) is 34.5 Å². The van der Waals surface area contributed by atoms with Crippen LogP contribution in [0.5, 0.6) is 11.5 Å². The van der Waals surface area contributed by atoms with Crippen molar-refractivity contribution in [2.45, 2.75) is 6.54 Å². The van der Waals surface area contributed by atoms with Crippen LogP contribution in [0.25, 0.3) is 21.0 Å². The number of hydrogen-bond acceptors (Lipinski definition) is 6. The van der Waals surface area contributed by atoms with Crippen LogP contribution in [0.3, 0.4) is 0 Å². The van der Waals surface area contributed by atoms with E-state index in [0.717, 1.165) is 26.6 Å². The van der Waals surface area contributed by atoms with Crippen LogP contribution in [0.1, 0.15) is 15.9 Å². The van der Waals surface area contributed by atoms with Crippen LogP contribution in [0.2, 0.25) is 0 Å². The average Bonchev–Trinajstić information content (AvgIpc) is 3.28. The summed E-state index contributed by atoms with van der Waals surface area (Å²) in [6.07, 6.45) is 3.50. The maximum Gasteiger partial charge on any atom is 0.260 e. The van der Waals surface area contributed by atoms with E-state index in [1.54, 1.807) is 17.3 Å². The Kier molecular flexibility index (Phi) is 4.88. The molecule has 0 aliphatic carbocycles. The van der Waals surface area contributed by atoms with Crippen molar-refractivity contribution in [3.05, 3.63) is 90.3 Å². The Morgan fingerprint density at radius 3 is 2.58 bits per heavy atom. The molecule has 0 radical (unpaired) electrons. The third-order valence-corrected chi connectivity index (χ3v) is 6.62. The standard InChI is InChI=1S/C26H19N3O3S/c30-25(20-8-7-18-5-1-2-6-19(18)12-20)29(16-17-4-3-9-27-15-17)26-28-21-13-22-23(14-24(21)33-26)32-11-10-31-22/h1-9,12-15H,10-11,16H2. The fourth-order valence-corrected chi connectivity index (χ4v) is 4.92. The maximum atomic E-state index is 13.7. The minimum Gasteiger partial charge on any atom is -0.486 e. The van der Waals surface area contributed by atoms with Gasteiger partial charge < -0.3 is 9.47 Å². The predicted octanol–water partition coefficient (Wildman–Crippen LogP) is 5.46. The van der Waals surface area contributed by atoms with Gasteiger partial charge in [-0.25, -0.2) is 4.98 Å². The molecule has 0 saturated heterocycles. The zero-order valence-corrected chi connectivity index (χ0v) is 18.4. The molecule has 0 fully saturated rings. The molecule has 7 heteroatoms. The number of rotatable bonds is 4. The Morgan fingerprint density at radius 2 is 1.76 bits per heavy atom. The molecule has 1 aliphatic heterocycles. The minimum absolute atomic E-state index is 0.110. The largest absolute Gasteiger partial charge is 0.486 e. The van der Waals surface area contributed by atoms with Gasteiger partial charge in [0, 0.05) is 30.1 Å². The highest BCUT2D eigenvalue weighted by Gasteiger charge is 2.23. The lowest BCUT2D eigenvalue weighted by Crippen LogP contribution is -2.30. The van der Waals surface area contributed by atoms with E-state index in [4.69, 9.17) is 14.5 Å². The fourth-order valence-electron chi connectivity index (χ4n) is 3.95. The van der Waals surface area contributed by atoms with E-state index in [2.05, 4.69) is 4.98 Å². The number of pyridine rings is 1. The van der Waals surface area contributed by atoms with Gasteiger partial charge in [-0.2, -0.15) is 0 Å². The molecule has 3 heterocycles. The molecule has 2 aromatic heterocycles. The van der Waals surface area contributed by atoms with Crippen molar-refractivity contribution in [2.24, 2.45) is 0 Å². The predicted molar refractivity (Wildman–Crippen MR) is 129 cm³/mol. The van der Waals surface area contributed by atoms with Gasteiger partial charge in [0.05, 0.1) is 16.8 Å². The lowest BCUT2D eigenvalue weighted by atomic mass is 10.1. The summed E-state index contributed by atoms with van der Waals surface area (Å²) in [7, 11) is 0. The number of anilines is 1. The zero-order valence-electron chi connectivity index (χ0n) is 17.6. The van der Waals surface area contributed by atoms with Crippen LogP contribution < -0.4 is 14.4 Å². The molecule has 6 rings (SSSR count). The third kappa shape index (κ3) is 3.76. The summed E-state index contributed by atoms with van der Waals surface area (Å²) in [5.74, 6) is 1.29. The number of carbonyl (C=O) groups is 1. The number of fused-ring (bicyclic) bond motifs is 3. The van der Waals surface area contributed by atoms with Gasteiger partial charge in [0.25, 0.3) is 5.91 Å². The lowest BCUT2D eigenvalue weighted by molar-refractivity contribution is 0.0985. The Morgan fingerprint density at radius 1 is 0.939 bits per heavy atom. The van der Waals surface area contributed by atoms with E-state index in [0.29, 0.717) is 42.0 Å². The van der Waals surface area contributed by atoms with Gasteiger partial charge in [-0.15, -0.1) is 0 Å². The van der Waals surface area contributed by atoms with E-state index < -0.39 is 0 Å². The van der Waals surface area contributed by atoms with Crippen LogP contribution in [0.4, 0.5) is 5.13 Å². The SMILES string of the molecule is O=C(c1ccc2ccccc2c1)N(Cc1cccnc1)c1nc2cc3c(cc2s1)OCCO3. The summed E-state index contributed by atoms with van der Waals surface area (Å²) in [5, 5.41) is 2.74. The normalized spacial score (nSPS) is 12.7. The molecule has 0 spiro atoms. The van der Waals surface area contributed by atoms with E-state index in [1.807, 2.05) is 66.7 Å². The van der Waals surface area contributed by atoms with Gasteiger partial charge >= 0.3 is 0 Å². The van der Waals surface area contributed by atoms with Crippen LogP contribution >= 0.6 is 11.3 Å². The highest BCUT2D eigenvalue weighted by Crippen LogP contribution is 2.39. The molecule has 6 nitrogen and oxygen atoms in total. The molecule has 1 aliphatic rings. The Labute approximate surface area is 194 Å². The van der Waals surface area contributed by atoms with Crippen molar-refractivity contribution in [1.82, 2.24) is 9.97 Å². The summed E-state index contributed by atoms with van der Waals surface area (Å²) in [6.45, 7) is 1.41. The van der Waals surface area contributed by atoms with Crippen molar-refractivity contribution >= 4 is 43.4 Å². The monoisotopic (exact) mass is 453 g/mol. The minimum atomic E-state index is -0.110. The van der Waals surface area contributed by atoms with Crippen molar-refractivity contribution in [3.8, 4) is 11.5 Å². The van der Waals surface area contributed by atoms with Crippen molar-refractivity contribution < 1.29 is 14.3 Å². The van der Waals surface area contributed by atoms with Crippen molar-refractivity contribution in [2.75, 3.05) is 18.1 Å². The van der Waals surface area contributed by atoms with Crippen LogP contribution in [-0.2, 0) is 6.54 Å². The zero-order chi connectivity index (χ0) is 22.2. The van der Waals surface area contributed by atoms with Gasteiger partial charge in [0.1, 0.15) is 13.2 Å². The molecule has 3 aromatic carbocycles. The average molecular weight is 454 g/mol. The second-order valence-corrected chi connectivity index (χ2v) is 8.78. The van der Waals surface area contributed by atoms with E-state index in [1.165, 1.54) is 11.3 Å². The van der Waals surface area contributed by atoms with E-state index >= 15 is 0 Å². The third-order valence-electron chi connectivity index (χ3n) is 5.58. The number of nitrogens with zero attached hydrogens (tertiary/aromatic N) is 3. The first-order valence-electron chi connectivity index (χ1n) is 10.6. The summed E-state index contributed by atoms with van der Waals surface area (Å²) >= 11 is 1.46. The van der Waals surface area contributed by atoms with E-state index in [-0.39, 0.29) is 5.91 Å². The number of aromatic nitrogens is 2. The molecule has 5 aromatic rings. The van der Waals surface area contributed by atoms with Crippen molar-refractivity contribution in [1.29, 1.82) is 0 Å². The molecular weight excluding hydrogens is 434 g/mol. The Balaban J connectivity index is 1.43. The molecule has 0 bridgehead atoms. The fraction of sp³-hybridized carbons (Fsp3) is 0.115. The molecule has 1 amide bonds. The smallest absolute Gasteiger partial charge is 0.260 e. The molecule has 0 atom stereocenters. The molecule has 33 heavy (non-hydrogen) atoms. The lowest BCUT2D eigenvalue weighted by Gasteiger charge is -2.20. The Bertz CT molecular complexity index is 1440. The second kappa shape index (κ2) is 8.18. The topological polar surface area (TPSA) is 64.6 Å². The van der Waals surface area contributed by atoms with Crippen molar-refractivity contribution in [3.63, 3.8) is 0 Å². The Hall–Kier alpha value is -3.97. The van der Waals surface area contributed by atoms with Crippen LogP contribution in [0, 0.1) is 0 Å². The number of amides is 1. The van der Waals surface area contributed by atoms with E-state index in [9.17, 15) is 4.79 Å². The molecule has 0 saturated carbocycles. The first-order valence-corrected chi connectivity index (χ1v) is 11.5. The molecule has 0 N–H and O–H groups in total. The van der Waals surface area contributed by atoms with Gasteiger partial charge in [0.15, 0.2) is 16.6 Å². The molecule has 0 unspecified atom stereocenters. The number of ether oxygens (including phenoxy) is 2. The molecule has 162 valence electrons. The highest BCUT2D eigenvalue weighted by molar-refractivity contribution is 7.22. The number of benzene rings is 3. The summed E-state index contributed by atoms with van der Waals surface area (Å²) in [4.78, 5) is 24.5. The number of hydrogen-bond donors (Lipinski definition) is 0. The van der Waals surface area contributed by atoms with Crippen LogP contribution in [-0.4, -0.2) is 29.1 Å². The summed E-state index contributed by atoms with van der Waals surface area (Å²) < 4.78 is 12.4. The van der Waals surface area contributed by atoms with Crippen LogP contribution in [0.15, 0.2) is 79.1 Å².